The van der Waals surface area contributed by atoms with Gasteiger partial charge in [0.2, 0.25) is 10.0 Å². The van der Waals surface area contributed by atoms with Crippen molar-refractivity contribution in [2.75, 3.05) is 24.7 Å². The van der Waals surface area contributed by atoms with E-state index in [-0.39, 0.29) is 38.8 Å². The van der Waals surface area contributed by atoms with Crippen molar-refractivity contribution in [2.45, 2.75) is 38.6 Å². The number of nitrogens with zero attached hydrogens (tertiary/aromatic N) is 2. The molecule has 1 atom stereocenters. The largest absolute Gasteiger partial charge is 0.503 e. The Labute approximate surface area is 185 Å². The van der Waals surface area contributed by atoms with Crippen LogP contribution in [0.15, 0.2) is 38.2 Å². The summed E-state index contributed by atoms with van der Waals surface area (Å²) in [4.78, 5) is 12.0. The average Bonchev–Trinajstić information content (AvgIpc) is 3.22. The van der Waals surface area contributed by atoms with Crippen molar-refractivity contribution in [1.82, 2.24) is 9.46 Å². The highest BCUT2D eigenvalue weighted by molar-refractivity contribution is 7.89. The predicted octanol–water partition coefficient (Wildman–Crippen LogP) is 3.24. The highest BCUT2D eigenvalue weighted by Crippen LogP contribution is 2.36. The molecule has 0 aliphatic rings. The molecule has 4 N–H and O–H groups in total. The lowest BCUT2D eigenvalue weighted by molar-refractivity contribution is -0.701. The van der Waals surface area contributed by atoms with Crippen molar-refractivity contribution in [3.63, 3.8) is 0 Å². The number of nitrogens with one attached hydrogen (secondary N) is 3. The van der Waals surface area contributed by atoms with Crippen LogP contribution >= 0.6 is 0 Å². The molecule has 0 fully saturated rings. The maximum absolute atomic E-state index is 12.5. The Bertz CT molecular complexity index is 1250. The second-order valence-corrected chi connectivity index (χ2v) is 10.1. The summed E-state index contributed by atoms with van der Waals surface area (Å²) in [5, 5.41) is 19.0. The lowest BCUT2D eigenvalue weighted by Gasteiger charge is -2.19. The average molecular weight is 467 g/mol. The molecule has 2 aromatic heterocycles. The number of sulfonamides is 1. The Kier molecular flexibility index (Phi) is 6.37. The first-order valence-electron chi connectivity index (χ1n) is 9.93. The fourth-order valence-electron chi connectivity index (χ4n) is 3.11. The number of anilines is 3. The molecule has 12 heteroatoms. The molecule has 3 aromatic rings. The number of phenolic OH excluding ortho intramolecular Hbond substituents is 1. The van der Waals surface area contributed by atoms with Crippen molar-refractivity contribution in [2.24, 2.45) is 5.92 Å². The van der Waals surface area contributed by atoms with Gasteiger partial charge in [0.15, 0.2) is 10.3 Å². The highest BCUT2D eigenvalue weighted by atomic mass is 32.2. The zero-order valence-electron chi connectivity index (χ0n) is 18.8. The van der Waals surface area contributed by atoms with Crippen LogP contribution in [-0.2, 0) is 10.0 Å². The highest BCUT2D eigenvalue weighted by Gasteiger charge is 2.30. The number of furan rings is 1. The fraction of sp³-hybridized carbons (Fsp3) is 0.400. The van der Waals surface area contributed by atoms with E-state index in [1.165, 1.54) is 32.3 Å². The smallest absolute Gasteiger partial charge is 0.371 e. The van der Waals surface area contributed by atoms with E-state index in [9.17, 15) is 18.4 Å². The number of aromatic nitrogens is 2. The van der Waals surface area contributed by atoms with Gasteiger partial charge in [0.05, 0.1) is 6.04 Å². The molecule has 3 rings (SSSR count). The molecule has 32 heavy (non-hydrogen) atoms. The quantitative estimate of drug-likeness (QED) is 0.370. The van der Waals surface area contributed by atoms with Gasteiger partial charge in [-0.1, -0.05) is 25.1 Å². The zero-order chi connectivity index (χ0) is 23.8. The molecule has 0 spiro atoms. The molecule has 0 amide bonds. The second-order valence-electron chi connectivity index (χ2n) is 7.99. The number of aryl methyl sites for hydroxylation is 2. The summed E-state index contributed by atoms with van der Waals surface area (Å²) in [6.45, 7) is 7.80. The summed E-state index contributed by atoms with van der Waals surface area (Å²) in [5.41, 5.74) is 1.02. The maximum atomic E-state index is 12.5. The van der Waals surface area contributed by atoms with E-state index in [0.717, 1.165) is 15.6 Å². The SMILES string of the molecule is Cc1cc([C@H](Nc2[nH]o[n+](=O)c2Nc2cccc(S(=O)(=O)N(C)C)c2O)C(C)C)oc1C. The molecule has 1 aromatic carbocycles. The minimum Gasteiger partial charge on any atom is -0.503 e. The molecule has 174 valence electrons. The molecule has 0 aliphatic heterocycles. The van der Waals surface area contributed by atoms with Gasteiger partial charge in [-0.3, -0.25) is 5.32 Å². The van der Waals surface area contributed by atoms with Gasteiger partial charge in [0, 0.05) is 14.1 Å². The molecule has 0 saturated heterocycles. The van der Waals surface area contributed by atoms with Gasteiger partial charge in [-0.2, -0.15) is 0 Å². The van der Waals surface area contributed by atoms with Gasteiger partial charge < -0.3 is 14.8 Å². The van der Waals surface area contributed by atoms with E-state index < -0.39 is 15.8 Å². The monoisotopic (exact) mass is 466 g/mol. The van der Waals surface area contributed by atoms with Crippen molar-refractivity contribution in [3.8, 4) is 5.75 Å². The van der Waals surface area contributed by atoms with E-state index in [4.69, 9.17) is 9.05 Å². The molecular formula is C20H28N5O6S+. The van der Waals surface area contributed by atoms with Crippen LogP contribution in [0, 0.1) is 24.7 Å². The van der Waals surface area contributed by atoms with Gasteiger partial charge in [-0.15, -0.1) is 4.63 Å². The number of benzene rings is 1. The lowest BCUT2D eigenvalue weighted by Crippen LogP contribution is -2.22. The molecular weight excluding hydrogens is 438 g/mol. The fourth-order valence-corrected chi connectivity index (χ4v) is 4.11. The molecule has 0 saturated carbocycles. The number of H-pyrrole nitrogens is 1. The lowest BCUT2D eigenvalue weighted by atomic mass is 10.0. The van der Waals surface area contributed by atoms with Crippen LogP contribution in [0.3, 0.4) is 0 Å². The normalized spacial score (nSPS) is 13.0. The molecule has 0 bridgehead atoms. The first-order valence-corrected chi connectivity index (χ1v) is 11.4. The summed E-state index contributed by atoms with van der Waals surface area (Å²) < 4.78 is 36.8. The summed E-state index contributed by atoms with van der Waals surface area (Å²) in [5.74, 6) is 1.15. The van der Waals surface area contributed by atoms with E-state index in [0.29, 0.717) is 5.76 Å². The minimum atomic E-state index is -3.90. The van der Waals surface area contributed by atoms with Crippen LogP contribution in [-0.4, -0.2) is 37.1 Å². The third-order valence-electron chi connectivity index (χ3n) is 5.12. The maximum Gasteiger partial charge on any atom is 0.371 e. The summed E-state index contributed by atoms with van der Waals surface area (Å²) in [6, 6.07) is 5.80. The van der Waals surface area contributed by atoms with Crippen LogP contribution in [0.4, 0.5) is 17.3 Å². The zero-order valence-corrected chi connectivity index (χ0v) is 19.6. The van der Waals surface area contributed by atoms with Crippen LogP contribution < -0.4 is 15.2 Å². The predicted molar refractivity (Wildman–Crippen MR) is 118 cm³/mol. The first kappa shape index (κ1) is 23.4. The van der Waals surface area contributed by atoms with Crippen molar-refractivity contribution >= 4 is 27.3 Å². The molecule has 2 heterocycles. The Balaban J connectivity index is 1.97. The Morgan fingerprint density at radius 2 is 1.91 bits per heavy atom. The van der Waals surface area contributed by atoms with Crippen molar-refractivity contribution in [3.05, 3.63) is 46.3 Å². The summed E-state index contributed by atoms with van der Waals surface area (Å²) >= 11 is 0. The Morgan fingerprint density at radius 1 is 1.22 bits per heavy atom. The number of aromatic amines is 1. The van der Waals surface area contributed by atoms with Gasteiger partial charge in [-0.25, -0.2) is 12.7 Å². The molecule has 11 nitrogen and oxygen atoms in total. The van der Waals surface area contributed by atoms with E-state index in [2.05, 4.69) is 15.8 Å². The van der Waals surface area contributed by atoms with E-state index in [1.54, 1.807) is 0 Å². The Morgan fingerprint density at radius 3 is 2.47 bits per heavy atom. The first-order chi connectivity index (χ1) is 14.9. The second kappa shape index (κ2) is 8.71. The topological polar surface area (TPSA) is 147 Å². The molecule has 0 aliphatic carbocycles. The molecule has 0 radical (unpaired) electrons. The van der Waals surface area contributed by atoms with Gasteiger partial charge in [-0.05, 0) is 48.4 Å². The number of hydrogen-bond acceptors (Lipinski definition) is 8. The van der Waals surface area contributed by atoms with Crippen LogP contribution in [0.5, 0.6) is 5.75 Å². The van der Waals surface area contributed by atoms with Gasteiger partial charge in [0.1, 0.15) is 22.1 Å². The number of aromatic hydroxyl groups is 1. The number of para-hydroxylation sites is 1. The summed E-state index contributed by atoms with van der Waals surface area (Å²) in [7, 11) is -1.18. The summed E-state index contributed by atoms with van der Waals surface area (Å²) in [6.07, 6.45) is 0. The van der Waals surface area contributed by atoms with Gasteiger partial charge >= 0.3 is 5.82 Å². The third kappa shape index (κ3) is 4.36. The van der Waals surface area contributed by atoms with Crippen LogP contribution in [0.1, 0.15) is 37.0 Å². The molecule has 0 unspecified atom stereocenters. The van der Waals surface area contributed by atoms with Crippen molar-refractivity contribution < 1.29 is 27.2 Å². The number of rotatable bonds is 8. The third-order valence-corrected chi connectivity index (χ3v) is 6.97. The van der Waals surface area contributed by atoms with Crippen molar-refractivity contribution in [1.29, 1.82) is 0 Å². The van der Waals surface area contributed by atoms with Crippen LogP contribution in [0.25, 0.3) is 0 Å². The number of hydrogen-bond donors (Lipinski definition) is 4. The standard InChI is InChI=1S/C20H27N5O6S/c1-11(2)17(15-10-12(3)13(4)30-15)22-19-20(25(27)31-23-19)21-14-8-7-9-16(18(14)26)32(28,29)24(5)6/h7-11,17,21H,1-6H3,(H2-,22,23,26,27)/p+1/t17-/m1/s1. The number of phenols is 1. The van der Waals surface area contributed by atoms with E-state index in [1.807, 2.05) is 33.8 Å². The van der Waals surface area contributed by atoms with E-state index >= 15 is 0 Å². The van der Waals surface area contributed by atoms with Gasteiger partial charge in [0.25, 0.3) is 5.82 Å². The van der Waals surface area contributed by atoms with Crippen LogP contribution in [0.2, 0.25) is 0 Å². The minimum absolute atomic E-state index is 0.0150. The Hall–Kier alpha value is -3.25.